The molecule has 1 aromatic carbocycles. The summed E-state index contributed by atoms with van der Waals surface area (Å²) in [6.07, 6.45) is 0. The lowest BCUT2D eigenvalue weighted by Gasteiger charge is -2.22. The summed E-state index contributed by atoms with van der Waals surface area (Å²) in [6.45, 7) is 7.59. The number of aromatic nitrogens is 3. The lowest BCUT2D eigenvalue weighted by Crippen LogP contribution is -2.24. The molecule has 0 spiro atoms. The summed E-state index contributed by atoms with van der Waals surface area (Å²) < 4.78 is 6.60. The topological polar surface area (TPSA) is 59.7 Å². The van der Waals surface area contributed by atoms with Crippen LogP contribution in [0.4, 0.5) is 5.69 Å². The quantitative estimate of drug-likeness (QED) is 0.676. The number of methoxy groups -OCH3 is 1. The summed E-state index contributed by atoms with van der Waals surface area (Å²) in [6, 6.07) is 9.46. The second-order valence-electron chi connectivity index (χ2n) is 6.09. The average Bonchev–Trinajstić information content (AvgIpc) is 3.05. The van der Waals surface area contributed by atoms with Gasteiger partial charge >= 0.3 is 0 Å². The Kier molecular flexibility index (Phi) is 5.03. The van der Waals surface area contributed by atoms with Crippen molar-refractivity contribution in [3.05, 3.63) is 51.4 Å². The van der Waals surface area contributed by atoms with Gasteiger partial charge in [-0.05, 0) is 31.2 Å². The fourth-order valence-electron chi connectivity index (χ4n) is 2.56. The summed E-state index contributed by atoms with van der Waals surface area (Å²) in [5.41, 5.74) is 1.69. The highest BCUT2D eigenvalue weighted by molar-refractivity contribution is 7.16. The normalized spacial score (nSPS) is 11.2. The van der Waals surface area contributed by atoms with E-state index in [2.05, 4.69) is 35.8 Å². The van der Waals surface area contributed by atoms with Crippen LogP contribution in [0.15, 0.2) is 35.1 Å². The molecule has 0 saturated heterocycles. The minimum atomic E-state index is -0.131. The molecule has 0 N–H and O–H groups in total. The van der Waals surface area contributed by atoms with Gasteiger partial charge in [0.1, 0.15) is 10.8 Å². The molecule has 0 aliphatic carbocycles. The van der Waals surface area contributed by atoms with Crippen LogP contribution in [-0.4, -0.2) is 28.3 Å². The molecule has 2 aromatic heterocycles. The van der Waals surface area contributed by atoms with Crippen LogP contribution >= 0.6 is 11.3 Å². The molecule has 0 saturated carbocycles. The van der Waals surface area contributed by atoms with Crippen molar-refractivity contribution in [3.63, 3.8) is 0 Å². The van der Waals surface area contributed by atoms with E-state index in [1.807, 2.05) is 24.3 Å². The number of benzene rings is 1. The molecule has 2 heterocycles. The van der Waals surface area contributed by atoms with Gasteiger partial charge in [-0.1, -0.05) is 25.2 Å². The zero-order valence-corrected chi connectivity index (χ0v) is 15.7. The van der Waals surface area contributed by atoms with Crippen LogP contribution in [0.3, 0.4) is 0 Å². The molecule has 0 amide bonds. The van der Waals surface area contributed by atoms with E-state index in [1.165, 1.54) is 15.9 Å². The smallest absolute Gasteiger partial charge is 0.275 e. The van der Waals surface area contributed by atoms with Crippen molar-refractivity contribution in [3.8, 4) is 5.75 Å². The van der Waals surface area contributed by atoms with Gasteiger partial charge < -0.3 is 9.64 Å². The first kappa shape index (κ1) is 17.4. The largest absolute Gasteiger partial charge is 0.497 e. The Hall–Kier alpha value is -2.41. The molecule has 132 valence electrons. The van der Waals surface area contributed by atoms with Gasteiger partial charge in [-0.25, -0.2) is 4.98 Å². The summed E-state index contributed by atoms with van der Waals surface area (Å²) in [5.74, 6) is 1.10. The van der Waals surface area contributed by atoms with Crippen molar-refractivity contribution in [2.24, 2.45) is 0 Å². The van der Waals surface area contributed by atoms with E-state index in [0.29, 0.717) is 11.5 Å². The standard InChI is InChI=1S/C18H22N4O2S/c1-5-21(14-6-8-15(24-4)9-7-14)11-13-10-16(23)22-18(19-13)25-17(20-22)12(2)3/h6-10,12H,5,11H2,1-4H3. The zero-order chi connectivity index (χ0) is 18.0. The second-order valence-corrected chi connectivity index (χ2v) is 7.07. The van der Waals surface area contributed by atoms with Crippen molar-refractivity contribution in [2.75, 3.05) is 18.6 Å². The molecule has 0 aliphatic heterocycles. The van der Waals surface area contributed by atoms with E-state index in [9.17, 15) is 4.79 Å². The number of ether oxygens (including phenoxy) is 1. The molecule has 0 unspecified atom stereocenters. The fraction of sp³-hybridized carbons (Fsp3) is 0.389. The zero-order valence-electron chi connectivity index (χ0n) is 14.9. The Labute approximate surface area is 150 Å². The van der Waals surface area contributed by atoms with Crippen LogP contribution < -0.4 is 15.2 Å². The van der Waals surface area contributed by atoms with Crippen LogP contribution in [0.2, 0.25) is 0 Å². The monoisotopic (exact) mass is 358 g/mol. The number of nitrogens with zero attached hydrogens (tertiary/aromatic N) is 4. The maximum absolute atomic E-state index is 12.4. The van der Waals surface area contributed by atoms with E-state index >= 15 is 0 Å². The second kappa shape index (κ2) is 7.23. The highest BCUT2D eigenvalue weighted by atomic mass is 32.1. The first-order valence-corrected chi connectivity index (χ1v) is 9.12. The predicted molar refractivity (Wildman–Crippen MR) is 101 cm³/mol. The molecule has 3 aromatic rings. The van der Waals surface area contributed by atoms with Crippen LogP contribution in [0.5, 0.6) is 5.75 Å². The van der Waals surface area contributed by atoms with Crippen LogP contribution in [0.1, 0.15) is 37.4 Å². The third-order valence-corrected chi connectivity index (χ3v) is 5.19. The number of anilines is 1. The van der Waals surface area contributed by atoms with Gasteiger partial charge in [-0.15, -0.1) is 0 Å². The summed E-state index contributed by atoms with van der Waals surface area (Å²) in [4.78, 5) is 19.8. The third kappa shape index (κ3) is 3.66. The minimum Gasteiger partial charge on any atom is -0.497 e. The van der Waals surface area contributed by atoms with E-state index < -0.39 is 0 Å². The minimum absolute atomic E-state index is 0.131. The number of rotatable bonds is 6. The lowest BCUT2D eigenvalue weighted by molar-refractivity contribution is 0.415. The summed E-state index contributed by atoms with van der Waals surface area (Å²) >= 11 is 1.47. The highest BCUT2D eigenvalue weighted by Crippen LogP contribution is 2.22. The van der Waals surface area contributed by atoms with Gasteiger partial charge in [0.25, 0.3) is 5.56 Å². The Bertz CT molecular complexity index is 915. The molecule has 0 atom stereocenters. The predicted octanol–water partition coefficient (Wildman–Crippen LogP) is 3.31. The lowest BCUT2D eigenvalue weighted by atomic mass is 10.2. The molecule has 6 nitrogen and oxygen atoms in total. The maximum Gasteiger partial charge on any atom is 0.275 e. The van der Waals surface area contributed by atoms with Crippen molar-refractivity contribution >= 4 is 22.0 Å². The molecule has 25 heavy (non-hydrogen) atoms. The fourth-order valence-corrected chi connectivity index (χ4v) is 3.49. The van der Waals surface area contributed by atoms with E-state index in [0.717, 1.165) is 28.7 Å². The van der Waals surface area contributed by atoms with Gasteiger partial charge in [0.2, 0.25) is 4.96 Å². The number of hydrogen-bond acceptors (Lipinski definition) is 6. The summed E-state index contributed by atoms with van der Waals surface area (Å²) in [7, 11) is 1.65. The Balaban J connectivity index is 1.90. The first-order chi connectivity index (χ1) is 12.0. The maximum atomic E-state index is 12.4. The molecule has 7 heteroatoms. The van der Waals surface area contributed by atoms with Crippen LogP contribution in [0.25, 0.3) is 4.96 Å². The van der Waals surface area contributed by atoms with Gasteiger partial charge in [-0.3, -0.25) is 4.79 Å². The van der Waals surface area contributed by atoms with E-state index in [4.69, 9.17) is 4.74 Å². The SMILES string of the molecule is CCN(Cc1cc(=O)n2nc(C(C)C)sc2n1)c1ccc(OC)cc1. The molecule has 0 aliphatic rings. The number of fused-ring (bicyclic) bond motifs is 1. The average molecular weight is 358 g/mol. The van der Waals surface area contributed by atoms with Crippen molar-refractivity contribution in [1.82, 2.24) is 14.6 Å². The molecule has 3 rings (SSSR count). The first-order valence-electron chi connectivity index (χ1n) is 8.30. The summed E-state index contributed by atoms with van der Waals surface area (Å²) in [5, 5.41) is 5.28. The van der Waals surface area contributed by atoms with Crippen molar-refractivity contribution < 1.29 is 4.74 Å². The molecule has 0 bridgehead atoms. The van der Waals surface area contributed by atoms with Crippen molar-refractivity contribution in [1.29, 1.82) is 0 Å². The van der Waals surface area contributed by atoms with Crippen LogP contribution in [-0.2, 0) is 6.54 Å². The Morgan fingerprint density at radius 1 is 1.28 bits per heavy atom. The van der Waals surface area contributed by atoms with Crippen molar-refractivity contribution in [2.45, 2.75) is 33.2 Å². The highest BCUT2D eigenvalue weighted by Gasteiger charge is 2.13. The van der Waals surface area contributed by atoms with Gasteiger partial charge in [0, 0.05) is 24.2 Å². The van der Waals surface area contributed by atoms with Crippen LogP contribution in [0, 0.1) is 0 Å². The number of hydrogen-bond donors (Lipinski definition) is 0. The third-order valence-electron chi connectivity index (χ3n) is 3.98. The Morgan fingerprint density at radius 3 is 2.60 bits per heavy atom. The van der Waals surface area contributed by atoms with E-state index in [-0.39, 0.29) is 11.5 Å². The molecule has 0 fully saturated rings. The molecular weight excluding hydrogens is 336 g/mol. The van der Waals surface area contributed by atoms with Gasteiger partial charge in [0.05, 0.1) is 19.3 Å². The molecule has 0 radical (unpaired) electrons. The molecular formula is C18H22N4O2S. The van der Waals surface area contributed by atoms with E-state index in [1.54, 1.807) is 13.2 Å². The van der Waals surface area contributed by atoms with Gasteiger partial charge in [0.15, 0.2) is 0 Å². The van der Waals surface area contributed by atoms with Gasteiger partial charge in [-0.2, -0.15) is 9.61 Å². The Morgan fingerprint density at radius 2 is 2.00 bits per heavy atom.